The van der Waals surface area contributed by atoms with E-state index in [2.05, 4.69) is 38.7 Å². The van der Waals surface area contributed by atoms with Crippen LogP contribution >= 0.6 is 39.7 Å². The van der Waals surface area contributed by atoms with E-state index in [1.165, 1.54) is 0 Å². The standard InChI is InChI=1S/C15H13BrClN3OS/c16-13-7-11(8-19-20-15(18)22)3-6-14(13)21-9-10-1-4-12(17)5-2-10/h1-8H,9H2,(H3,18,20,22)/b19-8-. The normalized spacial score (nSPS) is 10.6. The Morgan fingerprint density at radius 1 is 1.32 bits per heavy atom. The van der Waals surface area contributed by atoms with E-state index >= 15 is 0 Å². The maximum Gasteiger partial charge on any atom is 0.184 e. The lowest BCUT2D eigenvalue weighted by Crippen LogP contribution is -2.23. The van der Waals surface area contributed by atoms with Crippen molar-refractivity contribution < 1.29 is 4.74 Å². The van der Waals surface area contributed by atoms with Gasteiger partial charge in [-0.05, 0) is 69.6 Å². The molecule has 0 aliphatic carbocycles. The molecular formula is C15H13BrClN3OS. The van der Waals surface area contributed by atoms with Gasteiger partial charge in [0.1, 0.15) is 12.4 Å². The minimum absolute atomic E-state index is 0.123. The predicted molar refractivity (Wildman–Crippen MR) is 97.4 cm³/mol. The number of thiocarbonyl (C=S) groups is 1. The number of nitrogens with zero attached hydrogens (tertiary/aromatic N) is 1. The molecule has 0 atom stereocenters. The molecule has 7 heteroatoms. The number of nitrogens with one attached hydrogen (secondary N) is 1. The molecule has 0 aliphatic rings. The summed E-state index contributed by atoms with van der Waals surface area (Å²) in [5, 5.41) is 4.73. The lowest BCUT2D eigenvalue weighted by Gasteiger charge is -2.09. The Kier molecular flexibility index (Phi) is 6.18. The zero-order valence-corrected chi connectivity index (χ0v) is 14.6. The smallest absolute Gasteiger partial charge is 0.184 e. The van der Waals surface area contributed by atoms with E-state index < -0.39 is 0 Å². The van der Waals surface area contributed by atoms with Crippen LogP contribution in [-0.4, -0.2) is 11.3 Å². The summed E-state index contributed by atoms with van der Waals surface area (Å²) in [5.74, 6) is 0.745. The zero-order chi connectivity index (χ0) is 15.9. The van der Waals surface area contributed by atoms with E-state index in [1.54, 1.807) is 6.21 Å². The molecule has 0 bridgehead atoms. The number of hydrazone groups is 1. The van der Waals surface area contributed by atoms with Crippen molar-refractivity contribution in [1.29, 1.82) is 0 Å². The van der Waals surface area contributed by atoms with E-state index in [9.17, 15) is 0 Å². The summed E-state index contributed by atoms with van der Waals surface area (Å²) < 4.78 is 6.60. The monoisotopic (exact) mass is 397 g/mol. The van der Waals surface area contributed by atoms with Gasteiger partial charge in [-0.15, -0.1) is 0 Å². The minimum Gasteiger partial charge on any atom is -0.488 e. The fraction of sp³-hybridized carbons (Fsp3) is 0.0667. The van der Waals surface area contributed by atoms with Crippen LogP contribution in [0.5, 0.6) is 5.75 Å². The molecule has 0 fully saturated rings. The number of benzene rings is 2. The van der Waals surface area contributed by atoms with Gasteiger partial charge < -0.3 is 10.5 Å². The van der Waals surface area contributed by atoms with Crippen molar-refractivity contribution in [3.63, 3.8) is 0 Å². The molecule has 0 saturated carbocycles. The van der Waals surface area contributed by atoms with Crippen LogP contribution in [0, 0.1) is 0 Å². The fourth-order valence-electron chi connectivity index (χ4n) is 1.63. The molecule has 0 aromatic heterocycles. The highest BCUT2D eigenvalue weighted by Gasteiger charge is 2.03. The number of nitrogens with two attached hydrogens (primary N) is 1. The van der Waals surface area contributed by atoms with Crippen molar-refractivity contribution in [3.8, 4) is 5.75 Å². The van der Waals surface area contributed by atoms with Crippen LogP contribution in [0.2, 0.25) is 5.02 Å². The largest absolute Gasteiger partial charge is 0.488 e. The third-order valence-electron chi connectivity index (χ3n) is 2.65. The van der Waals surface area contributed by atoms with E-state index in [0.29, 0.717) is 11.6 Å². The van der Waals surface area contributed by atoms with Crippen LogP contribution in [0.25, 0.3) is 0 Å². The Bertz CT molecular complexity index is 692. The number of hydrogen-bond donors (Lipinski definition) is 2. The number of halogens is 2. The maximum atomic E-state index is 5.85. The van der Waals surface area contributed by atoms with Crippen LogP contribution in [0.15, 0.2) is 52.0 Å². The van der Waals surface area contributed by atoms with Crippen molar-refractivity contribution >= 4 is 51.1 Å². The van der Waals surface area contributed by atoms with E-state index in [4.69, 9.17) is 22.1 Å². The van der Waals surface area contributed by atoms with Crippen molar-refractivity contribution in [1.82, 2.24) is 5.43 Å². The Morgan fingerprint density at radius 2 is 2.05 bits per heavy atom. The maximum absolute atomic E-state index is 5.85. The Morgan fingerprint density at radius 3 is 2.68 bits per heavy atom. The van der Waals surface area contributed by atoms with Crippen molar-refractivity contribution in [2.75, 3.05) is 0 Å². The van der Waals surface area contributed by atoms with E-state index in [-0.39, 0.29) is 5.11 Å². The molecule has 2 aromatic carbocycles. The Hall–Kier alpha value is -1.63. The van der Waals surface area contributed by atoms with Gasteiger partial charge in [0.2, 0.25) is 0 Å². The van der Waals surface area contributed by atoms with E-state index in [0.717, 1.165) is 21.3 Å². The molecule has 2 rings (SSSR count). The van der Waals surface area contributed by atoms with Crippen molar-refractivity contribution in [2.45, 2.75) is 6.61 Å². The summed E-state index contributed by atoms with van der Waals surface area (Å²) in [6.45, 7) is 0.464. The summed E-state index contributed by atoms with van der Waals surface area (Å²) in [7, 11) is 0. The second kappa shape index (κ2) is 8.12. The number of hydrogen-bond acceptors (Lipinski definition) is 3. The Labute approximate surface area is 147 Å². The van der Waals surface area contributed by atoms with Crippen molar-refractivity contribution in [2.24, 2.45) is 10.8 Å². The molecule has 0 radical (unpaired) electrons. The third-order valence-corrected chi connectivity index (χ3v) is 3.61. The zero-order valence-electron chi connectivity index (χ0n) is 11.4. The fourth-order valence-corrected chi connectivity index (χ4v) is 2.32. The molecule has 3 N–H and O–H groups in total. The van der Waals surface area contributed by atoms with Gasteiger partial charge in [0.05, 0.1) is 10.7 Å². The van der Waals surface area contributed by atoms with Crippen molar-refractivity contribution in [3.05, 3.63) is 63.1 Å². The summed E-state index contributed by atoms with van der Waals surface area (Å²) in [4.78, 5) is 0. The van der Waals surface area contributed by atoms with Gasteiger partial charge in [-0.25, -0.2) is 0 Å². The molecule has 0 spiro atoms. The van der Waals surface area contributed by atoms with Gasteiger partial charge in [0.15, 0.2) is 5.11 Å². The molecule has 22 heavy (non-hydrogen) atoms. The van der Waals surface area contributed by atoms with Gasteiger partial charge >= 0.3 is 0 Å². The molecule has 0 unspecified atom stereocenters. The topological polar surface area (TPSA) is 59.6 Å². The van der Waals surface area contributed by atoms with Gasteiger partial charge in [0, 0.05) is 5.02 Å². The second-order valence-electron chi connectivity index (χ2n) is 4.34. The summed E-state index contributed by atoms with van der Waals surface area (Å²) in [6, 6.07) is 13.2. The van der Waals surface area contributed by atoms with Gasteiger partial charge in [-0.2, -0.15) is 5.10 Å². The van der Waals surface area contributed by atoms with Crippen LogP contribution in [-0.2, 0) is 6.61 Å². The molecule has 114 valence electrons. The summed E-state index contributed by atoms with van der Waals surface area (Å²) >= 11 is 14.0. The molecule has 2 aromatic rings. The molecule has 0 amide bonds. The first-order valence-electron chi connectivity index (χ1n) is 6.30. The van der Waals surface area contributed by atoms with Gasteiger partial charge in [0.25, 0.3) is 0 Å². The third kappa shape index (κ3) is 5.29. The molecule has 0 saturated heterocycles. The lowest BCUT2D eigenvalue weighted by molar-refractivity contribution is 0.304. The number of ether oxygens (including phenoxy) is 1. The SMILES string of the molecule is NC(=S)N/N=C\c1ccc(OCc2ccc(Cl)cc2)c(Br)c1. The average Bonchev–Trinajstić information content (AvgIpc) is 2.48. The average molecular weight is 399 g/mol. The summed E-state index contributed by atoms with van der Waals surface area (Å²) in [5.41, 5.74) is 9.71. The van der Waals surface area contributed by atoms with Gasteiger partial charge in [-0.1, -0.05) is 23.7 Å². The highest BCUT2D eigenvalue weighted by molar-refractivity contribution is 9.10. The van der Waals surface area contributed by atoms with E-state index in [1.807, 2.05) is 42.5 Å². The second-order valence-corrected chi connectivity index (χ2v) is 6.07. The highest BCUT2D eigenvalue weighted by atomic mass is 79.9. The van der Waals surface area contributed by atoms with Gasteiger partial charge in [-0.3, -0.25) is 5.43 Å². The van der Waals surface area contributed by atoms with Crippen LogP contribution in [0.1, 0.15) is 11.1 Å². The van der Waals surface area contributed by atoms with Crippen LogP contribution in [0.4, 0.5) is 0 Å². The molecular weight excluding hydrogens is 386 g/mol. The highest BCUT2D eigenvalue weighted by Crippen LogP contribution is 2.26. The quantitative estimate of drug-likeness (QED) is 0.456. The Balaban J connectivity index is 1.98. The first-order valence-corrected chi connectivity index (χ1v) is 7.88. The first-order chi connectivity index (χ1) is 10.5. The van der Waals surface area contributed by atoms with Crippen LogP contribution < -0.4 is 15.9 Å². The lowest BCUT2D eigenvalue weighted by atomic mass is 10.2. The summed E-state index contributed by atoms with van der Waals surface area (Å²) in [6.07, 6.45) is 1.62. The molecule has 4 nitrogen and oxygen atoms in total. The predicted octanol–water partition coefficient (Wildman–Crippen LogP) is 3.85. The minimum atomic E-state index is 0.123. The number of rotatable bonds is 5. The molecule has 0 aliphatic heterocycles. The first kappa shape index (κ1) is 16.7. The molecule has 0 heterocycles. The van der Waals surface area contributed by atoms with Crippen LogP contribution in [0.3, 0.4) is 0 Å².